The summed E-state index contributed by atoms with van der Waals surface area (Å²) >= 11 is 0. The summed E-state index contributed by atoms with van der Waals surface area (Å²) in [6.45, 7) is 0.275. The molecule has 1 amide bonds. The summed E-state index contributed by atoms with van der Waals surface area (Å²) in [5.41, 5.74) is 1.06. The maximum absolute atomic E-state index is 12.5. The van der Waals surface area contributed by atoms with Crippen molar-refractivity contribution < 1.29 is 14.6 Å². The van der Waals surface area contributed by atoms with Crippen molar-refractivity contribution in [2.75, 3.05) is 13.7 Å². The molecule has 4 bridgehead atoms. The maximum Gasteiger partial charge on any atom is 0.220 e. The van der Waals surface area contributed by atoms with Crippen molar-refractivity contribution >= 4 is 5.91 Å². The quantitative estimate of drug-likeness (QED) is 0.832. The van der Waals surface area contributed by atoms with Gasteiger partial charge in [0.25, 0.3) is 0 Å². The van der Waals surface area contributed by atoms with Crippen LogP contribution in [0.2, 0.25) is 0 Å². The number of ether oxygens (including phenoxy) is 1. The maximum atomic E-state index is 12.5. The first-order valence-corrected chi connectivity index (χ1v) is 9.64. The fourth-order valence-corrected chi connectivity index (χ4v) is 6.06. The zero-order valence-electron chi connectivity index (χ0n) is 15.0. The molecule has 4 aliphatic rings. The lowest BCUT2D eigenvalue weighted by atomic mass is 9.49. The minimum atomic E-state index is -0.675. The Bertz CT molecular complexity index is 589. The van der Waals surface area contributed by atoms with E-state index in [0.717, 1.165) is 29.1 Å². The van der Waals surface area contributed by atoms with Crippen LogP contribution in [0.4, 0.5) is 0 Å². The lowest BCUT2D eigenvalue weighted by Crippen LogP contribution is -2.48. The number of hydrogen-bond donors (Lipinski definition) is 2. The molecule has 1 atom stereocenters. The van der Waals surface area contributed by atoms with Crippen LogP contribution in [0.3, 0.4) is 0 Å². The standard InChI is InChI=1S/C21H29NO3/c1-25-18-4-2-17(3-5-18)19(23)13-22-20(24)12-21-9-14-6-15(10-21)8-16(7-14)11-21/h2-5,14-16,19,23H,6-13H2,1H3,(H,22,24). The van der Waals surface area contributed by atoms with Crippen LogP contribution in [0.25, 0.3) is 0 Å². The molecule has 4 saturated carbocycles. The number of methoxy groups -OCH3 is 1. The number of aliphatic hydroxyl groups excluding tert-OH is 1. The predicted molar refractivity (Wildman–Crippen MR) is 96.2 cm³/mol. The van der Waals surface area contributed by atoms with Crippen LogP contribution in [-0.2, 0) is 4.79 Å². The number of aliphatic hydroxyl groups is 1. The Morgan fingerprint density at radius 2 is 1.72 bits per heavy atom. The lowest BCUT2D eigenvalue weighted by Gasteiger charge is -2.56. The smallest absolute Gasteiger partial charge is 0.220 e. The molecule has 4 heteroatoms. The predicted octanol–water partition coefficient (Wildman–Crippen LogP) is 3.45. The van der Waals surface area contributed by atoms with Crippen molar-refractivity contribution in [2.45, 2.75) is 51.0 Å². The van der Waals surface area contributed by atoms with Gasteiger partial charge in [0.05, 0.1) is 13.2 Å². The van der Waals surface area contributed by atoms with Gasteiger partial charge in [0.2, 0.25) is 5.91 Å². The second-order valence-corrected chi connectivity index (χ2v) is 8.69. The minimum Gasteiger partial charge on any atom is -0.497 e. The Morgan fingerprint density at radius 1 is 1.16 bits per heavy atom. The van der Waals surface area contributed by atoms with Crippen LogP contribution in [-0.4, -0.2) is 24.7 Å². The molecule has 0 heterocycles. The Kier molecular flexibility index (Phi) is 4.48. The van der Waals surface area contributed by atoms with E-state index in [0.29, 0.717) is 6.42 Å². The highest BCUT2D eigenvalue weighted by Crippen LogP contribution is 2.61. The van der Waals surface area contributed by atoms with E-state index in [1.807, 2.05) is 24.3 Å². The molecule has 5 rings (SSSR count). The van der Waals surface area contributed by atoms with Gasteiger partial charge in [0, 0.05) is 13.0 Å². The molecule has 4 fully saturated rings. The van der Waals surface area contributed by atoms with Crippen LogP contribution in [0, 0.1) is 23.2 Å². The van der Waals surface area contributed by atoms with Gasteiger partial charge in [-0.05, 0) is 79.4 Å². The molecule has 136 valence electrons. The van der Waals surface area contributed by atoms with E-state index in [-0.39, 0.29) is 17.9 Å². The number of hydrogen-bond acceptors (Lipinski definition) is 3. The molecule has 4 nitrogen and oxygen atoms in total. The van der Waals surface area contributed by atoms with Crippen molar-refractivity contribution in [3.8, 4) is 5.75 Å². The monoisotopic (exact) mass is 343 g/mol. The van der Waals surface area contributed by atoms with Gasteiger partial charge in [-0.25, -0.2) is 0 Å². The van der Waals surface area contributed by atoms with Crippen molar-refractivity contribution in [1.29, 1.82) is 0 Å². The minimum absolute atomic E-state index is 0.106. The van der Waals surface area contributed by atoms with Gasteiger partial charge < -0.3 is 15.2 Å². The molecule has 0 saturated heterocycles. The Morgan fingerprint density at radius 3 is 2.24 bits per heavy atom. The van der Waals surface area contributed by atoms with Gasteiger partial charge in [0.15, 0.2) is 0 Å². The van der Waals surface area contributed by atoms with E-state index in [2.05, 4.69) is 5.32 Å². The SMILES string of the molecule is COc1ccc(C(O)CNC(=O)CC23CC4CC(CC(C4)C2)C3)cc1. The largest absolute Gasteiger partial charge is 0.497 e. The second-order valence-electron chi connectivity index (χ2n) is 8.69. The summed E-state index contributed by atoms with van der Waals surface area (Å²) in [5.74, 6) is 3.47. The number of benzene rings is 1. The molecule has 4 aliphatic carbocycles. The van der Waals surface area contributed by atoms with Crippen molar-refractivity contribution in [3.05, 3.63) is 29.8 Å². The highest BCUT2D eigenvalue weighted by Gasteiger charge is 2.51. The third-order valence-electron chi connectivity index (χ3n) is 6.69. The highest BCUT2D eigenvalue weighted by atomic mass is 16.5. The van der Waals surface area contributed by atoms with Gasteiger partial charge in [-0.15, -0.1) is 0 Å². The van der Waals surface area contributed by atoms with E-state index in [1.165, 1.54) is 38.5 Å². The molecule has 25 heavy (non-hydrogen) atoms. The molecule has 2 N–H and O–H groups in total. The summed E-state index contributed by atoms with van der Waals surface area (Å²) in [5, 5.41) is 13.3. The zero-order valence-corrected chi connectivity index (χ0v) is 15.0. The number of nitrogens with one attached hydrogen (secondary N) is 1. The Hall–Kier alpha value is -1.55. The first-order chi connectivity index (χ1) is 12.0. The molecule has 0 aromatic heterocycles. The summed E-state index contributed by atoms with van der Waals surface area (Å²) in [6, 6.07) is 7.34. The zero-order chi connectivity index (χ0) is 17.4. The van der Waals surface area contributed by atoms with E-state index < -0.39 is 6.10 Å². The average molecular weight is 343 g/mol. The van der Waals surface area contributed by atoms with Crippen molar-refractivity contribution in [1.82, 2.24) is 5.32 Å². The first-order valence-electron chi connectivity index (χ1n) is 9.64. The first kappa shape index (κ1) is 16.9. The van der Waals surface area contributed by atoms with E-state index in [9.17, 15) is 9.90 Å². The average Bonchev–Trinajstić information content (AvgIpc) is 2.58. The van der Waals surface area contributed by atoms with Crippen LogP contribution in [0.5, 0.6) is 5.75 Å². The molecule has 0 radical (unpaired) electrons. The normalized spacial score (nSPS) is 33.9. The van der Waals surface area contributed by atoms with Crippen molar-refractivity contribution in [2.24, 2.45) is 23.2 Å². The van der Waals surface area contributed by atoms with Crippen LogP contribution < -0.4 is 10.1 Å². The van der Waals surface area contributed by atoms with Crippen LogP contribution in [0.15, 0.2) is 24.3 Å². The summed E-state index contributed by atoms with van der Waals surface area (Å²) in [7, 11) is 1.62. The second kappa shape index (κ2) is 6.64. The molecular formula is C21H29NO3. The van der Waals surface area contributed by atoms with Crippen LogP contribution >= 0.6 is 0 Å². The highest BCUT2D eigenvalue weighted by molar-refractivity contribution is 5.76. The van der Waals surface area contributed by atoms with Gasteiger partial charge in [-0.1, -0.05) is 12.1 Å². The molecule has 0 spiro atoms. The van der Waals surface area contributed by atoms with Gasteiger partial charge in [-0.2, -0.15) is 0 Å². The molecule has 1 unspecified atom stereocenters. The molecule has 1 aromatic carbocycles. The van der Waals surface area contributed by atoms with E-state index in [4.69, 9.17) is 4.74 Å². The van der Waals surface area contributed by atoms with E-state index >= 15 is 0 Å². The Labute approximate surface area is 150 Å². The topological polar surface area (TPSA) is 58.6 Å². The number of rotatable bonds is 6. The number of carbonyl (C=O) groups excluding carboxylic acids is 1. The van der Waals surface area contributed by atoms with Gasteiger partial charge in [0.1, 0.15) is 5.75 Å². The van der Waals surface area contributed by atoms with E-state index in [1.54, 1.807) is 7.11 Å². The molecular weight excluding hydrogens is 314 g/mol. The number of carbonyl (C=O) groups is 1. The molecule has 1 aromatic rings. The van der Waals surface area contributed by atoms with Crippen molar-refractivity contribution in [3.63, 3.8) is 0 Å². The summed E-state index contributed by atoms with van der Waals surface area (Å²) in [6.07, 6.45) is 7.90. The number of amides is 1. The third-order valence-corrected chi connectivity index (χ3v) is 6.69. The fraction of sp³-hybridized carbons (Fsp3) is 0.667. The van der Waals surface area contributed by atoms with Gasteiger partial charge in [-0.3, -0.25) is 4.79 Å². The van der Waals surface area contributed by atoms with Gasteiger partial charge >= 0.3 is 0 Å². The summed E-state index contributed by atoms with van der Waals surface area (Å²) < 4.78 is 5.13. The lowest BCUT2D eigenvalue weighted by molar-refractivity contribution is -0.129. The third kappa shape index (κ3) is 3.55. The molecule has 0 aliphatic heterocycles. The summed E-state index contributed by atoms with van der Waals surface area (Å²) in [4.78, 5) is 12.5. The van der Waals surface area contributed by atoms with Crippen LogP contribution in [0.1, 0.15) is 56.6 Å². The Balaban J connectivity index is 1.30. The fourth-order valence-electron chi connectivity index (χ4n) is 6.06.